The summed E-state index contributed by atoms with van der Waals surface area (Å²) in [5.41, 5.74) is 3.59. The fourth-order valence-electron chi connectivity index (χ4n) is 2.20. The molecule has 0 saturated heterocycles. The molecule has 2 aliphatic rings. The van der Waals surface area contributed by atoms with Crippen LogP contribution in [0.3, 0.4) is 0 Å². The van der Waals surface area contributed by atoms with E-state index in [2.05, 4.69) is 4.98 Å². The fourth-order valence-corrected chi connectivity index (χ4v) is 2.20. The molecule has 3 rings (SSSR count). The molecule has 0 bridgehead atoms. The number of aromatic nitrogens is 1. The van der Waals surface area contributed by atoms with Gasteiger partial charge in [-0.05, 0) is 29.7 Å². The van der Waals surface area contributed by atoms with Crippen LogP contribution in [-0.4, -0.2) is 10.1 Å². The minimum absolute atomic E-state index is 0.0699. The summed E-state index contributed by atoms with van der Waals surface area (Å²) in [5.74, 6) is 0.552. The van der Waals surface area contributed by atoms with Gasteiger partial charge in [-0.1, -0.05) is 43.7 Å². The number of benzene rings is 1. The number of aromatic hydroxyl groups is 1. The molecule has 1 aliphatic carbocycles. The van der Waals surface area contributed by atoms with Crippen LogP contribution in [-0.2, 0) is 6.42 Å². The van der Waals surface area contributed by atoms with Gasteiger partial charge in [-0.2, -0.15) is 0 Å². The largest absolute Gasteiger partial charge is 0.479 e. The van der Waals surface area contributed by atoms with Gasteiger partial charge < -0.3 is 9.52 Å². The van der Waals surface area contributed by atoms with Crippen LogP contribution in [0.15, 0.2) is 46.9 Å². The van der Waals surface area contributed by atoms with E-state index >= 15 is 0 Å². The van der Waals surface area contributed by atoms with Gasteiger partial charge in [0.05, 0.1) is 0 Å². The van der Waals surface area contributed by atoms with Gasteiger partial charge in [-0.3, -0.25) is 0 Å². The maximum absolute atomic E-state index is 9.79. The lowest BCUT2D eigenvalue weighted by atomic mass is 10.1. The van der Waals surface area contributed by atoms with Crippen molar-refractivity contribution in [3.8, 4) is 28.5 Å². The van der Waals surface area contributed by atoms with E-state index in [1.807, 2.05) is 49.4 Å². The second-order valence-electron chi connectivity index (χ2n) is 4.58. The lowest BCUT2D eigenvalue weighted by Gasteiger charge is -2.03. The van der Waals surface area contributed by atoms with E-state index in [1.165, 1.54) is 0 Å². The summed E-state index contributed by atoms with van der Waals surface area (Å²) in [6.45, 7) is 2.05. The summed E-state index contributed by atoms with van der Waals surface area (Å²) in [6, 6.07) is 14.0. The Balaban J connectivity index is 2.09. The van der Waals surface area contributed by atoms with Crippen molar-refractivity contribution in [1.29, 1.82) is 0 Å². The van der Waals surface area contributed by atoms with Crippen molar-refractivity contribution < 1.29 is 9.52 Å². The van der Waals surface area contributed by atoms with Gasteiger partial charge in [0, 0.05) is 0 Å². The van der Waals surface area contributed by atoms with Gasteiger partial charge >= 0.3 is 5.95 Å². The number of nitrogens with zero attached hydrogens (tertiary/aromatic N) is 1. The normalized spacial score (nSPS) is 11.0. The number of aryl methyl sites for hydroxylation is 1. The lowest BCUT2D eigenvalue weighted by Crippen LogP contribution is -1.92. The van der Waals surface area contributed by atoms with E-state index in [4.69, 9.17) is 4.42 Å². The van der Waals surface area contributed by atoms with Crippen molar-refractivity contribution in [1.82, 2.24) is 4.98 Å². The molecule has 1 N–H and O–H groups in total. The molecule has 1 aromatic rings. The Labute approximate surface area is 111 Å². The van der Waals surface area contributed by atoms with E-state index in [0.29, 0.717) is 11.5 Å². The third-order valence-corrected chi connectivity index (χ3v) is 3.13. The van der Waals surface area contributed by atoms with Gasteiger partial charge in [-0.15, -0.1) is 0 Å². The Morgan fingerprint density at radius 1 is 1.11 bits per heavy atom. The summed E-state index contributed by atoms with van der Waals surface area (Å²) < 4.78 is 5.44. The lowest BCUT2D eigenvalue weighted by molar-refractivity contribution is 0.317. The van der Waals surface area contributed by atoms with Crippen LogP contribution in [0, 0.1) is 0 Å². The third kappa shape index (κ3) is 2.19. The Kier molecular flexibility index (Phi) is 2.95. The topological polar surface area (TPSA) is 46.3 Å². The van der Waals surface area contributed by atoms with Crippen molar-refractivity contribution in [3.63, 3.8) is 0 Å². The highest BCUT2D eigenvalue weighted by atomic mass is 16.5. The minimum atomic E-state index is -0.0699. The summed E-state index contributed by atoms with van der Waals surface area (Å²) in [6.07, 6.45) is 1.64. The van der Waals surface area contributed by atoms with Crippen LogP contribution in [0.4, 0.5) is 0 Å². The highest BCUT2D eigenvalue weighted by molar-refractivity contribution is 5.75. The molecule has 1 aliphatic heterocycles. The zero-order valence-corrected chi connectivity index (χ0v) is 10.8. The molecule has 3 nitrogen and oxygen atoms in total. The molecule has 0 spiro atoms. The zero-order valence-electron chi connectivity index (χ0n) is 10.8. The molecule has 0 radical (unpaired) electrons. The van der Waals surface area contributed by atoms with Gasteiger partial charge in [-0.25, -0.2) is 4.98 Å². The van der Waals surface area contributed by atoms with Crippen molar-refractivity contribution >= 4 is 0 Å². The molecule has 0 aromatic heterocycles. The van der Waals surface area contributed by atoms with Crippen LogP contribution >= 0.6 is 0 Å². The van der Waals surface area contributed by atoms with Crippen LogP contribution in [0.2, 0.25) is 0 Å². The second-order valence-corrected chi connectivity index (χ2v) is 4.58. The molecule has 19 heavy (non-hydrogen) atoms. The monoisotopic (exact) mass is 253 g/mol. The molecule has 1 aromatic carbocycles. The highest BCUT2D eigenvalue weighted by Crippen LogP contribution is 2.34. The number of hydrogen-bond acceptors (Lipinski definition) is 3. The van der Waals surface area contributed by atoms with Crippen LogP contribution in [0.5, 0.6) is 5.95 Å². The first kappa shape index (κ1) is 11.8. The van der Waals surface area contributed by atoms with E-state index in [1.54, 1.807) is 0 Å². The first-order valence-electron chi connectivity index (χ1n) is 6.46. The summed E-state index contributed by atoms with van der Waals surface area (Å²) in [7, 11) is 0. The Morgan fingerprint density at radius 2 is 1.89 bits per heavy atom. The van der Waals surface area contributed by atoms with E-state index in [9.17, 15) is 5.11 Å². The Morgan fingerprint density at radius 3 is 2.63 bits per heavy atom. The van der Waals surface area contributed by atoms with Crippen LogP contribution < -0.4 is 0 Å². The third-order valence-electron chi connectivity index (χ3n) is 3.13. The van der Waals surface area contributed by atoms with Crippen molar-refractivity contribution in [2.45, 2.75) is 19.8 Å². The van der Waals surface area contributed by atoms with E-state index < -0.39 is 0 Å². The van der Waals surface area contributed by atoms with Gasteiger partial charge in [0.15, 0.2) is 5.76 Å². The Hall–Kier alpha value is -2.29. The number of rotatable bonds is 3. The Bertz CT molecular complexity index is 658. The molecular formula is C16H15NO2. The molecule has 0 unspecified atom stereocenters. The number of hydrogen-bond donors (Lipinski definition) is 1. The van der Waals surface area contributed by atoms with Crippen LogP contribution in [0.25, 0.3) is 22.6 Å². The average Bonchev–Trinajstić information content (AvgIpc) is 2.83. The van der Waals surface area contributed by atoms with Gasteiger partial charge in [0.25, 0.3) is 0 Å². The standard InChI is InChI=1S/C16H15NO2/c1-2-6-13-16(18)19-15-10-12(9-14(15)17-13)11-7-4-3-5-8-11/h3-5,7-10,18H,2,6H2,1H3. The molecule has 0 amide bonds. The van der Waals surface area contributed by atoms with E-state index in [-0.39, 0.29) is 5.95 Å². The molecule has 0 saturated carbocycles. The molecular weight excluding hydrogens is 238 g/mol. The smallest absolute Gasteiger partial charge is 0.304 e. The molecule has 1 heterocycles. The van der Waals surface area contributed by atoms with E-state index in [0.717, 1.165) is 29.7 Å². The van der Waals surface area contributed by atoms with Crippen molar-refractivity contribution in [2.75, 3.05) is 0 Å². The van der Waals surface area contributed by atoms with Gasteiger partial charge in [0.2, 0.25) is 0 Å². The summed E-state index contributed by atoms with van der Waals surface area (Å²) >= 11 is 0. The fraction of sp³-hybridized carbons (Fsp3) is 0.188. The summed E-state index contributed by atoms with van der Waals surface area (Å²) in [4.78, 5) is 4.47. The first-order valence-corrected chi connectivity index (χ1v) is 6.46. The SMILES string of the molecule is CCCc1nc2cc(-c3ccccc3)cc-2oc1O. The van der Waals surface area contributed by atoms with Gasteiger partial charge in [0.1, 0.15) is 11.4 Å². The van der Waals surface area contributed by atoms with Crippen molar-refractivity contribution in [2.24, 2.45) is 0 Å². The highest BCUT2D eigenvalue weighted by Gasteiger charge is 2.16. The van der Waals surface area contributed by atoms with Crippen molar-refractivity contribution in [3.05, 3.63) is 48.2 Å². The molecule has 0 atom stereocenters. The first-order chi connectivity index (χ1) is 9.28. The molecule has 0 fully saturated rings. The molecule has 3 heteroatoms. The predicted octanol–water partition coefficient (Wildman–Crippen LogP) is 4.10. The maximum Gasteiger partial charge on any atom is 0.304 e. The average molecular weight is 253 g/mol. The predicted molar refractivity (Wildman–Crippen MR) is 74.2 cm³/mol. The quantitative estimate of drug-likeness (QED) is 0.764. The molecule has 96 valence electrons. The minimum Gasteiger partial charge on any atom is -0.479 e. The number of fused-ring (bicyclic) bond motifs is 1. The summed E-state index contributed by atoms with van der Waals surface area (Å²) in [5, 5.41) is 9.79. The van der Waals surface area contributed by atoms with Crippen LogP contribution in [0.1, 0.15) is 19.0 Å². The maximum atomic E-state index is 9.79. The zero-order chi connectivity index (χ0) is 13.2. The second kappa shape index (κ2) is 4.76.